The van der Waals surface area contributed by atoms with Crippen LogP contribution in [0.25, 0.3) is 11.0 Å². The van der Waals surface area contributed by atoms with E-state index in [9.17, 15) is 41.8 Å². The normalized spacial score (nSPS) is 20.3. The summed E-state index contributed by atoms with van der Waals surface area (Å²) in [5.74, 6) is -5.86. The maximum Gasteiger partial charge on any atom is 0.573 e. The van der Waals surface area contributed by atoms with Crippen molar-refractivity contribution in [2.24, 2.45) is 13.0 Å². The van der Waals surface area contributed by atoms with Crippen LogP contribution in [0.1, 0.15) is 35.2 Å². The van der Waals surface area contributed by atoms with E-state index in [4.69, 9.17) is 21.1 Å². The lowest BCUT2D eigenvalue weighted by atomic mass is 9.53. The molecule has 6 aromatic rings. The summed E-state index contributed by atoms with van der Waals surface area (Å²) in [4.78, 5) is 77.1. The van der Waals surface area contributed by atoms with Gasteiger partial charge in [0.05, 0.1) is 54.9 Å². The molecule has 1 saturated carbocycles. The lowest BCUT2D eigenvalue weighted by molar-refractivity contribution is -0.274. The van der Waals surface area contributed by atoms with E-state index >= 15 is 4.79 Å². The number of carbonyl (C=O) groups excluding carboxylic acids is 2. The van der Waals surface area contributed by atoms with Gasteiger partial charge in [-0.2, -0.15) is 5.01 Å². The number of hydrazine groups is 1. The molecule has 2 aliphatic heterocycles. The summed E-state index contributed by atoms with van der Waals surface area (Å²) in [5.41, 5.74) is -0.321. The number of anilines is 1. The molecule has 4 unspecified atom stereocenters. The zero-order valence-electron chi connectivity index (χ0n) is 34.4. The van der Waals surface area contributed by atoms with E-state index in [0.29, 0.717) is 22.5 Å². The van der Waals surface area contributed by atoms with Gasteiger partial charge in [-0.25, -0.2) is 32.9 Å². The molecule has 0 bridgehead atoms. The average Bonchev–Trinajstić information content (AvgIpc) is 3.65. The molecule has 16 nitrogen and oxygen atoms in total. The third-order valence-corrected chi connectivity index (χ3v) is 12.6. The molecule has 4 heterocycles. The molecule has 2 N–H and O–H groups in total. The summed E-state index contributed by atoms with van der Waals surface area (Å²) < 4.78 is 74.7. The zero-order valence-corrected chi connectivity index (χ0v) is 35.2. The van der Waals surface area contributed by atoms with Gasteiger partial charge in [0.1, 0.15) is 23.0 Å². The van der Waals surface area contributed by atoms with E-state index < -0.39 is 75.7 Å². The van der Waals surface area contributed by atoms with Crippen LogP contribution in [0.4, 0.5) is 23.2 Å². The first kappa shape index (κ1) is 42.9. The van der Waals surface area contributed by atoms with Gasteiger partial charge >= 0.3 is 17.7 Å². The van der Waals surface area contributed by atoms with Crippen LogP contribution in [0.15, 0.2) is 105 Å². The number of phenols is 1. The van der Waals surface area contributed by atoms with Crippen LogP contribution in [0, 0.1) is 11.7 Å². The first-order chi connectivity index (χ1) is 31.0. The Morgan fingerprint density at radius 1 is 0.923 bits per heavy atom. The van der Waals surface area contributed by atoms with E-state index in [0.717, 1.165) is 49.3 Å². The Labute approximate surface area is 369 Å². The number of carbonyl (C=O) groups is 2. The Morgan fingerprint density at radius 2 is 1.62 bits per heavy atom. The number of hydrogen-bond donors (Lipinski definition) is 2. The summed E-state index contributed by atoms with van der Waals surface area (Å²) in [6, 6.07) is 15.4. The van der Waals surface area contributed by atoms with E-state index in [2.05, 4.69) is 15.1 Å². The van der Waals surface area contributed by atoms with Gasteiger partial charge in [0, 0.05) is 48.6 Å². The number of ether oxygens (including phenoxy) is 3. The van der Waals surface area contributed by atoms with Crippen LogP contribution in [0.3, 0.4) is 0 Å². The number of rotatable bonds is 10. The maximum absolute atomic E-state index is 15.3. The van der Waals surface area contributed by atoms with E-state index in [-0.39, 0.29) is 59.0 Å². The van der Waals surface area contributed by atoms with Gasteiger partial charge in [0.25, 0.3) is 17.4 Å². The van der Waals surface area contributed by atoms with Gasteiger partial charge in [-0.05, 0) is 72.2 Å². The van der Waals surface area contributed by atoms with E-state index in [1.807, 2.05) is 0 Å². The molecule has 1 saturated heterocycles. The van der Waals surface area contributed by atoms with Crippen molar-refractivity contribution >= 4 is 40.1 Å². The first-order valence-corrected chi connectivity index (χ1v) is 20.3. The minimum absolute atomic E-state index is 0.0252. The smallest absolute Gasteiger partial charge is 0.508 e. The standard InChI is InChI=1S/C44H36ClF4N7O9/c1-52-33-21-36(64-3)35(63-2)20-31(33)50-30(39(52)59)15-16-53-41(61)54-17-14-27-32(56(54)42(53)62)19-29-38(58)55(51-25-10-8-24(46)9-11-25)40(60)43(29,22-4-6-23(45)7-5-22)37(27)28-18-26(12-13-34(28)57)65-44(47,48)49/h4-14,18,20-21,29,32,37,51,57H,15-17,19H2,1-3H3. The minimum Gasteiger partial charge on any atom is -0.508 e. The van der Waals surface area contributed by atoms with E-state index in [1.165, 1.54) is 62.2 Å². The topological polar surface area (TPSA) is 181 Å². The molecule has 2 aromatic heterocycles. The average molecular weight is 918 g/mol. The predicted octanol–water partition coefficient (Wildman–Crippen LogP) is 5.33. The highest BCUT2D eigenvalue weighted by atomic mass is 35.5. The van der Waals surface area contributed by atoms with Crippen molar-refractivity contribution < 1.29 is 46.5 Å². The number of aromatic hydroxyl groups is 1. The number of amides is 2. The van der Waals surface area contributed by atoms with Crippen molar-refractivity contribution in [2.45, 2.75) is 49.7 Å². The molecular weight excluding hydrogens is 882 g/mol. The molecule has 336 valence electrons. The second-order valence-corrected chi connectivity index (χ2v) is 16.1. The Bertz CT molecular complexity index is 3160. The summed E-state index contributed by atoms with van der Waals surface area (Å²) in [6.45, 7) is -0.610. The number of benzene rings is 4. The van der Waals surface area contributed by atoms with Crippen LogP contribution < -0.4 is 36.6 Å². The van der Waals surface area contributed by atoms with Gasteiger partial charge in [0.15, 0.2) is 11.5 Å². The second-order valence-electron chi connectivity index (χ2n) is 15.7. The van der Waals surface area contributed by atoms with Gasteiger partial charge in [-0.3, -0.25) is 19.8 Å². The van der Waals surface area contributed by atoms with Crippen molar-refractivity contribution in [1.82, 2.24) is 28.5 Å². The summed E-state index contributed by atoms with van der Waals surface area (Å²) in [7, 11) is 4.42. The maximum atomic E-state index is 15.3. The van der Waals surface area contributed by atoms with Crippen molar-refractivity contribution in [3.8, 4) is 23.0 Å². The SMILES string of the molecule is COc1cc2nc(CCn3c(=O)n4n(c3=O)C3CC5C(=O)N(Nc6ccc(F)cc6)C(=O)C5(c5ccc(Cl)cc5)C(c5cc(OC(F)(F)F)ccc5O)C3=CC4)c(=O)n(C)c2cc1OC. The molecule has 3 aliphatic rings. The monoisotopic (exact) mass is 917 g/mol. The quantitative estimate of drug-likeness (QED) is 0.103. The molecule has 4 atom stereocenters. The molecule has 4 aromatic carbocycles. The molecule has 2 amide bonds. The zero-order chi connectivity index (χ0) is 46.3. The van der Waals surface area contributed by atoms with Gasteiger partial charge < -0.3 is 23.9 Å². The number of nitrogens with zero attached hydrogens (tertiary/aromatic N) is 6. The Kier molecular flexibility index (Phi) is 10.4. The molecule has 9 rings (SSSR count). The van der Waals surface area contributed by atoms with Crippen LogP contribution in [-0.4, -0.2) is 66.0 Å². The molecule has 21 heteroatoms. The number of aryl methyl sites for hydroxylation is 2. The Balaban J connectivity index is 1.19. The largest absolute Gasteiger partial charge is 0.573 e. The van der Waals surface area contributed by atoms with E-state index in [1.54, 1.807) is 18.2 Å². The molecule has 0 radical (unpaired) electrons. The summed E-state index contributed by atoms with van der Waals surface area (Å²) >= 11 is 6.31. The number of allylic oxidation sites excluding steroid dienone is 2. The molecule has 0 spiro atoms. The molecule has 65 heavy (non-hydrogen) atoms. The Hall–Kier alpha value is -7.35. The van der Waals surface area contributed by atoms with Crippen LogP contribution in [0.2, 0.25) is 5.02 Å². The third-order valence-electron chi connectivity index (χ3n) is 12.4. The lowest BCUT2D eigenvalue weighted by Gasteiger charge is -2.49. The fourth-order valence-corrected chi connectivity index (χ4v) is 9.68. The lowest BCUT2D eigenvalue weighted by Crippen LogP contribution is -2.53. The van der Waals surface area contributed by atoms with Gasteiger partial charge in [-0.1, -0.05) is 29.8 Å². The molecular formula is C44H36ClF4N7O9. The van der Waals surface area contributed by atoms with Crippen molar-refractivity contribution in [3.05, 3.63) is 149 Å². The van der Waals surface area contributed by atoms with Crippen molar-refractivity contribution in [3.63, 3.8) is 0 Å². The fraction of sp³-hybridized carbons (Fsp3) is 0.273. The van der Waals surface area contributed by atoms with Crippen LogP contribution in [0.5, 0.6) is 23.0 Å². The number of methoxy groups -OCH3 is 2. The highest BCUT2D eigenvalue weighted by Gasteiger charge is 2.69. The van der Waals surface area contributed by atoms with Gasteiger partial charge in [0.2, 0.25) is 0 Å². The number of aromatic nitrogens is 5. The highest BCUT2D eigenvalue weighted by Crippen LogP contribution is 2.63. The van der Waals surface area contributed by atoms with Crippen LogP contribution >= 0.6 is 11.6 Å². The van der Waals surface area contributed by atoms with Crippen molar-refractivity contribution in [2.75, 3.05) is 19.6 Å². The van der Waals surface area contributed by atoms with Crippen molar-refractivity contribution in [1.29, 1.82) is 0 Å². The summed E-state index contributed by atoms with van der Waals surface area (Å²) in [6.07, 6.45) is -4.11. The molecule has 1 aliphatic carbocycles. The third kappa shape index (κ3) is 6.89. The first-order valence-electron chi connectivity index (χ1n) is 20.0. The Morgan fingerprint density at radius 3 is 2.29 bits per heavy atom. The minimum atomic E-state index is -5.17. The number of phenolic OH excluding ortho intramolecular Hbond substituents is 1. The number of alkyl halides is 3. The number of nitrogens with one attached hydrogen (secondary N) is 1. The van der Waals surface area contributed by atoms with Crippen LogP contribution in [-0.2, 0) is 41.6 Å². The number of imide groups is 1. The summed E-state index contributed by atoms with van der Waals surface area (Å²) in [5, 5.41) is 12.6. The number of fused-ring (bicyclic) bond motifs is 5. The highest BCUT2D eigenvalue weighted by molar-refractivity contribution is 6.30. The number of hydrogen-bond acceptors (Lipinski definition) is 11. The molecule has 2 fully saturated rings. The fourth-order valence-electron chi connectivity index (χ4n) is 9.55. The predicted molar refractivity (Wildman–Crippen MR) is 225 cm³/mol. The second kappa shape index (κ2) is 15.7. The van der Waals surface area contributed by atoms with Gasteiger partial charge in [-0.15, -0.1) is 13.2 Å². The number of halogens is 5.